The summed E-state index contributed by atoms with van der Waals surface area (Å²) in [6.07, 6.45) is 0.719. The van der Waals surface area contributed by atoms with Gasteiger partial charge in [0.15, 0.2) is 6.61 Å². The molecular formula is C33H27FN4O7S3. The maximum Gasteiger partial charge on any atom is 0.305 e. The number of thiazole rings is 1. The van der Waals surface area contributed by atoms with Gasteiger partial charge in [-0.05, 0) is 90.4 Å². The second kappa shape index (κ2) is 11.4. The van der Waals surface area contributed by atoms with E-state index < -0.39 is 33.6 Å². The number of H-pyrrole nitrogens is 1. The Hall–Kier alpha value is -4.31. The normalized spacial score (nSPS) is 27.0. The molecule has 2 aliphatic carbocycles. The van der Waals surface area contributed by atoms with Crippen LogP contribution in [0.15, 0.2) is 87.5 Å². The minimum atomic E-state index is -3.86. The summed E-state index contributed by atoms with van der Waals surface area (Å²) in [5.74, 6) is -2.43. The predicted molar refractivity (Wildman–Crippen MR) is 176 cm³/mol. The van der Waals surface area contributed by atoms with Crippen molar-refractivity contribution in [1.82, 2.24) is 4.98 Å². The highest BCUT2D eigenvalue weighted by atomic mass is 32.2. The van der Waals surface area contributed by atoms with Crippen LogP contribution in [0, 0.1) is 35.4 Å². The first-order valence-electron chi connectivity index (χ1n) is 15.2. The van der Waals surface area contributed by atoms with Crippen LogP contribution in [0.25, 0.3) is 0 Å². The van der Waals surface area contributed by atoms with Crippen molar-refractivity contribution in [3.63, 3.8) is 0 Å². The van der Waals surface area contributed by atoms with Gasteiger partial charge in [-0.3, -0.25) is 24.1 Å². The number of thioether (sulfide) groups is 1. The lowest BCUT2D eigenvalue weighted by Gasteiger charge is -2.43. The van der Waals surface area contributed by atoms with Crippen LogP contribution in [0.4, 0.5) is 15.8 Å². The van der Waals surface area contributed by atoms with Crippen LogP contribution in [0.2, 0.25) is 0 Å². The van der Waals surface area contributed by atoms with Gasteiger partial charge in [0.2, 0.25) is 21.8 Å². The number of nitrogens with two attached hydrogens (primary N) is 1. The van der Waals surface area contributed by atoms with E-state index in [9.17, 15) is 32.0 Å². The molecule has 1 aromatic heterocycles. The lowest BCUT2D eigenvalue weighted by molar-refractivity contribution is -0.123. The van der Waals surface area contributed by atoms with E-state index in [4.69, 9.17) is 9.88 Å². The third kappa shape index (κ3) is 5.07. The second-order valence-corrected chi connectivity index (χ2v) is 16.2. The number of benzene rings is 3. The quantitative estimate of drug-likeness (QED) is 0.243. The molecule has 15 heteroatoms. The van der Waals surface area contributed by atoms with Crippen LogP contribution < -0.4 is 25.0 Å². The van der Waals surface area contributed by atoms with E-state index in [1.807, 2.05) is 18.2 Å². The minimum absolute atomic E-state index is 0.0140. The second-order valence-electron chi connectivity index (χ2n) is 12.4. The lowest BCUT2D eigenvalue weighted by Crippen LogP contribution is -2.42. The van der Waals surface area contributed by atoms with Gasteiger partial charge in [-0.2, -0.15) is 0 Å². The summed E-state index contributed by atoms with van der Waals surface area (Å²) in [6, 6.07) is 18.2. The topological polar surface area (TPSA) is 169 Å². The molecule has 246 valence electrons. The zero-order valence-electron chi connectivity index (χ0n) is 24.9. The summed E-state index contributed by atoms with van der Waals surface area (Å²) in [5.41, 5.74) is 1.61. The molecule has 2 bridgehead atoms. The number of hydrogen-bond donors (Lipinski definition) is 3. The number of imide groups is 1. The Kier molecular flexibility index (Phi) is 7.36. The number of aromatic amines is 1. The van der Waals surface area contributed by atoms with Gasteiger partial charge in [-0.1, -0.05) is 23.5 Å². The standard InChI is InChI=1S/C33H27FN4O7S3/c34-16-4-8-18(9-5-16)38-31(40)26-21-13-22(27(26)32(38)41)28-25(21)24(29-30(46-28)37-33(42)47-29)15-2-1-3-19(12-15)45-14-23(39)36-17-6-10-20(11-7-17)48(35,43)44/h1-12,21-22,24-28H,13-14H2,(H,36,39)(H,37,42)(H2,35,43,44)/t21?,22?,24-,25?,26?,27?,28?/m1/s1. The molecule has 48 heavy (non-hydrogen) atoms. The summed E-state index contributed by atoms with van der Waals surface area (Å²) in [7, 11) is -3.86. The zero-order valence-corrected chi connectivity index (χ0v) is 27.3. The van der Waals surface area contributed by atoms with Gasteiger partial charge in [-0.15, -0.1) is 11.8 Å². The number of halogens is 1. The van der Waals surface area contributed by atoms with Gasteiger partial charge in [-0.25, -0.2) is 17.9 Å². The predicted octanol–water partition coefficient (Wildman–Crippen LogP) is 3.92. The van der Waals surface area contributed by atoms with Crippen LogP contribution in [-0.2, 0) is 24.4 Å². The molecule has 4 aromatic rings. The molecular weight excluding hydrogens is 680 g/mol. The van der Waals surface area contributed by atoms with Crippen LogP contribution in [0.3, 0.4) is 0 Å². The summed E-state index contributed by atoms with van der Waals surface area (Å²) in [6.45, 7) is -0.319. The van der Waals surface area contributed by atoms with Gasteiger partial charge in [0.1, 0.15) is 11.6 Å². The van der Waals surface area contributed by atoms with Crippen LogP contribution in [0.1, 0.15) is 22.8 Å². The van der Waals surface area contributed by atoms with E-state index in [0.29, 0.717) is 17.1 Å². The largest absolute Gasteiger partial charge is 0.484 e. The summed E-state index contributed by atoms with van der Waals surface area (Å²) in [4.78, 5) is 57.8. The fourth-order valence-electron chi connectivity index (χ4n) is 8.11. The number of sulfonamides is 1. The van der Waals surface area contributed by atoms with Crippen molar-refractivity contribution >= 4 is 62.2 Å². The lowest BCUT2D eigenvalue weighted by atomic mass is 9.68. The minimum Gasteiger partial charge on any atom is -0.484 e. The van der Waals surface area contributed by atoms with Gasteiger partial charge < -0.3 is 15.0 Å². The van der Waals surface area contributed by atoms with Gasteiger partial charge in [0.25, 0.3) is 5.91 Å². The van der Waals surface area contributed by atoms with E-state index in [-0.39, 0.29) is 57.1 Å². The average Bonchev–Trinajstić information content (AvgIpc) is 3.79. The molecule has 11 nitrogen and oxygen atoms in total. The molecule has 3 heterocycles. The Morgan fingerprint density at radius 3 is 2.42 bits per heavy atom. The summed E-state index contributed by atoms with van der Waals surface area (Å²) in [5, 5.41) is 8.55. The van der Waals surface area contributed by atoms with Crippen molar-refractivity contribution in [2.75, 3.05) is 16.8 Å². The van der Waals surface area contributed by atoms with Crippen molar-refractivity contribution < 1.29 is 31.9 Å². The number of amides is 3. The molecule has 3 amide bonds. The first kappa shape index (κ1) is 31.0. The third-order valence-corrected chi connectivity index (χ3v) is 13.4. The number of anilines is 2. The average molecular weight is 707 g/mol. The highest BCUT2D eigenvalue weighted by Gasteiger charge is 2.69. The number of nitrogens with one attached hydrogen (secondary N) is 2. The molecule has 0 spiro atoms. The molecule has 6 unspecified atom stereocenters. The number of primary sulfonamides is 1. The van der Waals surface area contributed by atoms with Crippen LogP contribution >= 0.6 is 23.1 Å². The molecule has 2 saturated carbocycles. The molecule has 4 aliphatic rings. The van der Waals surface area contributed by atoms with Gasteiger partial charge in [0, 0.05) is 21.7 Å². The summed E-state index contributed by atoms with van der Waals surface area (Å²) < 4.78 is 42.5. The number of nitrogens with zero attached hydrogens (tertiary/aromatic N) is 1. The fourth-order valence-corrected chi connectivity index (χ4v) is 11.5. The van der Waals surface area contributed by atoms with Crippen molar-refractivity contribution in [2.24, 2.45) is 34.7 Å². The smallest absolute Gasteiger partial charge is 0.305 e. The Morgan fingerprint density at radius 1 is 1.00 bits per heavy atom. The molecule has 3 fully saturated rings. The SMILES string of the molecule is NS(=O)(=O)c1ccc(NC(=O)COc2cccc([C@H]3c4sc(=O)[nH]c4SC4C5CC(C6C(=O)N(c7ccc(F)cc7)C(=O)C56)C43)c2)cc1. The van der Waals surface area contributed by atoms with Crippen molar-refractivity contribution in [3.8, 4) is 5.75 Å². The number of carbonyl (C=O) groups is 3. The number of fused-ring (bicyclic) bond motifs is 9. The third-order valence-electron chi connectivity index (χ3n) is 9.86. The van der Waals surface area contributed by atoms with Crippen LogP contribution in [0.5, 0.6) is 5.75 Å². The molecule has 0 radical (unpaired) electrons. The molecule has 4 N–H and O–H groups in total. The van der Waals surface area contributed by atoms with Crippen molar-refractivity contribution in [2.45, 2.75) is 27.5 Å². The number of ether oxygens (including phenoxy) is 1. The van der Waals surface area contributed by atoms with E-state index in [1.165, 1.54) is 53.4 Å². The highest BCUT2D eigenvalue weighted by molar-refractivity contribution is 8.00. The first-order valence-corrected chi connectivity index (χ1v) is 18.4. The van der Waals surface area contributed by atoms with Crippen LogP contribution in [-0.4, -0.2) is 43.0 Å². The number of carbonyl (C=O) groups excluding carboxylic acids is 3. The fraction of sp³-hybridized carbons (Fsp3) is 0.273. The zero-order chi connectivity index (χ0) is 33.5. The van der Waals surface area contributed by atoms with Crippen molar-refractivity contribution in [3.05, 3.63) is 98.7 Å². The number of aromatic nitrogens is 1. The highest BCUT2D eigenvalue weighted by Crippen LogP contribution is 2.68. The number of rotatable bonds is 7. The van der Waals surface area contributed by atoms with E-state index in [0.717, 1.165) is 33.2 Å². The first-order chi connectivity index (χ1) is 23.0. The van der Waals surface area contributed by atoms with Crippen molar-refractivity contribution in [1.29, 1.82) is 0 Å². The molecule has 3 aromatic carbocycles. The van der Waals surface area contributed by atoms with E-state index in [2.05, 4.69) is 10.3 Å². The molecule has 7 atom stereocenters. The van der Waals surface area contributed by atoms with Gasteiger partial charge >= 0.3 is 4.87 Å². The van der Waals surface area contributed by atoms with Gasteiger partial charge in [0.05, 0.1) is 27.4 Å². The monoisotopic (exact) mass is 706 g/mol. The Balaban J connectivity index is 1.05. The molecule has 1 saturated heterocycles. The molecule has 8 rings (SSSR count). The van der Waals surface area contributed by atoms with E-state index in [1.54, 1.807) is 17.8 Å². The number of hydrogen-bond acceptors (Lipinski definition) is 9. The van der Waals surface area contributed by atoms with E-state index >= 15 is 0 Å². The maximum absolute atomic E-state index is 13.9. The summed E-state index contributed by atoms with van der Waals surface area (Å²) >= 11 is 2.72. The molecule has 2 aliphatic heterocycles. The maximum atomic E-state index is 13.9. The Bertz CT molecular complexity index is 2150. The Labute approximate surface area is 281 Å². The Morgan fingerprint density at radius 2 is 1.71 bits per heavy atom.